The van der Waals surface area contributed by atoms with E-state index in [2.05, 4.69) is 145 Å². The van der Waals surface area contributed by atoms with Crippen LogP contribution in [0.1, 0.15) is 11.1 Å². The van der Waals surface area contributed by atoms with E-state index < -0.39 is 0 Å². The molecule has 0 radical (unpaired) electrons. The van der Waals surface area contributed by atoms with Gasteiger partial charge in [0.2, 0.25) is 0 Å². The highest BCUT2D eigenvalue weighted by atomic mass is 15.2. The molecule has 0 unspecified atom stereocenters. The van der Waals surface area contributed by atoms with Crippen molar-refractivity contribution in [3.8, 4) is 0 Å². The van der Waals surface area contributed by atoms with E-state index in [4.69, 9.17) is 0 Å². The van der Waals surface area contributed by atoms with Crippen molar-refractivity contribution >= 4 is 22.8 Å². The van der Waals surface area contributed by atoms with Gasteiger partial charge in [0.05, 0.1) is 11.4 Å². The molecule has 2 heteroatoms. The molecule has 30 heavy (non-hydrogen) atoms. The molecule has 0 aliphatic rings. The third-order valence-electron chi connectivity index (χ3n) is 5.28. The van der Waals surface area contributed by atoms with Gasteiger partial charge in [0.15, 0.2) is 0 Å². The minimum Gasteiger partial charge on any atom is -0.342 e. The summed E-state index contributed by atoms with van der Waals surface area (Å²) >= 11 is 0. The molecule has 4 aromatic carbocycles. The molecule has 0 aromatic heterocycles. The summed E-state index contributed by atoms with van der Waals surface area (Å²) in [6.45, 7) is 0. The summed E-state index contributed by atoms with van der Waals surface area (Å²) in [6.07, 6.45) is 0. The SMILES string of the molecule is CN(C(=C(c1ccccc1)N(C)c1ccccc1)c1ccccc1)c1ccccc1. The Morgan fingerprint density at radius 1 is 0.400 bits per heavy atom. The summed E-state index contributed by atoms with van der Waals surface area (Å²) < 4.78 is 0. The van der Waals surface area contributed by atoms with Gasteiger partial charge >= 0.3 is 0 Å². The van der Waals surface area contributed by atoms with Gasteiger partial charge in [0.25, 0.3) is 0 Å². The van der Waals surface area contributed by atoms with E-state index >= 15 is 0 Å². The lowest BCUT2D eigenvalue weighted by molar-refractivity contribution is 1.17. The molecule has 0 aliphatic carbocycles. The molecule has 4 aromatic rings. The van der Waals surface area contributed by atoms with Crippen LogP contribution in [0.25, 0.3) is 11.4 Å². The number of nitrogens with zero attached hydrogens (tertiary/aromatic N) is 2. The maximum atomic E-state index is 2.27. The van der Waals surface area contributed by atoms with Crippen LogP contribution >= 0.6 is 0 Å². The maximum absolute atomic E-state index is 2.27. The molecule has 0 atom stereocenters. The first kappa shape index (κ1) is 19.5. The Kier molecular flexibility index (Phi) is 5.95. The smallest absolute Gasteiger partial charge is 0.0729 e. The van der Waals surface area contributed by atoms with E-state index in [0.29, 0.717) is 0 Å². The molecule has 4 rings (SSSR count). The average Bonchev–Trinajstić information content (AvgIpc) is 2.84. The van der Waals surface area contributed by atoms with E-state index in [9.17, 15) is 0 Å². The second kappa shape index (κ2) is 9.15. The van der Waals surface area contributed by atoms with E-state index in [-0.39, 0.29) is 0 Å². The highest BCUT2D eigenvalue weighted by Gasteiger charge is 2.21. The van der Waals surface area contributed by atoms with Crippen molar-refractivity contribution in [2.45, 2.75) is 0 Å². The molecule has 0 saturated heterocycles. The van der Waals surface area contributed by atoms with Crippen LogP contribution in [0, 0.1) is 0 Å². The monoisotopic (exact) mass is 390 g/mol. The molecule has 0 heterocycles. The molecule has 0 amide bonds. The van der Waals surface area contributed by atoms with Crippen LogP contribution in [-0.4, -0.2) is 14.1 Å². The molecule has 0 bridgehead atoms. The zero-order valence-electron chi connectivity index (χ0n) is 17.4. The van der Waals surface area contributed by atoms with E-state index in [1.54, 1.807) is 0 Å². The van der Waals surface area contributed by atoms with Crippen LogP contribution in [0.2, 0.25) is 0 Å². The number of rotatable bonds is 6. The molecule has 2 nitrogen and oxygen atoms in total. The summed E-state index contributed by atoms with van der Waals surface area (Å²) in [5.74, 6) is 0. The second-order valence-corrected chi connectivity index (χ2v) is 7.22. The van der Waals surface area contributed by atoms with Crippen molar-refractivity contribution in [2.75, 3.05) is 23.9 Å². The van der Waals surface area contributed by atoms with Gasteiger partial charge < -0.3 is 9.80 Å². The first-order valence-corrected chi connectivity index (χ1v) is 10.2. The van der Waals surface area contributed by atoms with Crippen molar-refractivity contribution in [1.29, 1.82) is 0 Å². The molecule has 148 valence electrons. The van der Waals surface area contributed by atoms with Crippen LogP contribution in [-0.2, 0) is 0 Å². The molecule has 0 saturated carbocycles. The topological polar surface area (TPSA) is 6.48 Å². The largest absolute Gasteiger partial charge is 0.342 e. The second-order valence-electron chi connectivity index (χ2n) is 7.22. The first-order valence-electron chi connectivity index (χ1n) is 10.2. The third kappa shape index (κ3) is 4.13. The fourth-order valence-electron chi connectivity index (χ4n) is 3.73. The minimum absolute atomic E-state index is 1.14. The maximum Gasteiger partial charge on any atom is 0.0729 e. The molecule has 0 fully saturated rings. The van der Waals surface area contributed by atoms with Crippen LogP contribution < -0.4 is 9.80 Å². The lowest BCUT2D eigenvalue weighted by Gasteiger charge is -2.32. The minimum atomic E-state index is 1.14. The van der Waals surface area contributed by atoms with Gasteiger partial charge in [-0.2, -0.15) is 0 Å². The quantitative estimate of drug-likeness (QED) is 0.335. The summed E-state index contributed by atoms with van der Waals surface area (Å²) in [5, 5.41) is 0. The van der Waals surface area contributed by atoms with E-state index in [1.807, 2.05) is 0 Å². The Labute approximate surface area is 179 Å². The van der Waals surface area contributed by atoms with Gasteiger partial charge in [0, 0.05) is 36.6 Å². The predicted molar refractivity (Wildman–Crippen MR) is 129 cm³/mol. The van der Waals surface area contributed by atoms with E-state index in [1.165, 1.54) is 11.1 Å². The normalized spacial score (nSPS) is 11.5. The molecular weight excluding hydrogens is 364 g/mol. The molecule has 0 spiro atoms. The van der Waals surface area contributed by atoms with E-state index in [0.717, 1.165) is 22.8 Å². The standard InChI is InChI=1S/C28H26N2/c1-29(25-19-11-5-12-20-25)27(23-15-7-3-8-16-23)28(24-17-9-4-10-18-24)30(2)26-21-13-6-14-22-26/h3-22H,1-2H3. The fourth-order valence-corrected chi connectivity index (χ4v) is 3.73. The third-order valence-corrected chi connectivity index (χ3v) is 5.28. The zero-order chi connectivity index (χ0) is 20.8. The molecular formula is C28H26N2. The van der Waals surface area contributed by atoms with Gasteiger partial charge in [-0.25, -0.2) is 0 Å². The van der Waals surface area contributed by atoms with Crippen molar-refractivity contribution in [1.82, 2.24) is 0 Å². The Hall–Kier alpha value is -3.78. The summed E-state index contributed by atoms with van der Waals surface area (Å²) in [6, 6.07) is 42.2. The Balaban J connectivity index is 2.00. The summed E-state index contributed by atoms with van der Waals surface area (Å²) in [5.41, 5.74) is 6.94. The molecule has 0 aliphatic heterocycles. The Bertz CT molecular complexity index is 997. The van der Waals surface area contributed by atoms with Crippen LogP contribution in [0.5, 0.6) is 0 Å². The van der Waals surface area contributed by atoms with Crippen LogP contribution in [0.4, 0.5) is 11.4 Å². The van der Waals surface area contributed by atoms with Crippen LogP contribution in [0.15, 0.2) is 121 Å². The highest BCUT2D eigenvalue weighted by Crippen LogP contribution is 2.35. The summed E-state index contributed by atoms with van der Waals surface area (Å²) in [4.78, 5) is 4.55. The highest BCUT2D eigenvalue weighted by molar-refractivity contribution is 6.01. The van der Waals surface area contributed by atoms with Crippen molar-refractivity contribution < 1.29 is 0 Å². The number of anilines is 2. The number of hydrogen-bond acceptors (Lipinski definition) is 2. The summed E-state index contributed by atoms with van der Waals surface area (Å²) in [7, 11) is 4.28. The van der Waals surface area contributed by atoms with Gasteiger partial charge in [0.1, 0.15) is 0 Å². The number of para-hydroxylation sites is 2. The van der Waals surface area contributed by atoms with Gasteiger partial charge in [-0.05, 0) is 24.3 Å². The van der Waals surface area contributed by atoms with Crippen LogP contribution in [0.3, 0.4) is 0 Å². The Morgan fingerprint density at radius 3 is 0.967 bits per heavy atom. The Morgan fingerprint density at radius 2 is 0.667 bits per heavy atom. The van der Waals surface area contributed by atoms with Gasteiger partial charge in [-0.1, -0.05) is 97.1 Å². The van der Waals surface area contributed by atoms with Crippen molar-refractivity contribution in [3.63, 3.8) is 0 Å². The van der Waals surface area contributed by atoms with Gasteiger partial charge in [-0.15, -0.1) is 0 Å². The predicted octanol–water partition coefficient (Wildman–Crippen LogP) is 6.79. The number of benzene rings is 4. The lowest BCUT2D eigenvalue weighted by atomic mass is 10.0. The number of hydrogen-bond donors (Lipinski definition) is 0. The molecule has 0 N–H and O–H groups in total. The van der Waals surface area contributed by atoms with Crippen molar-refractivity contribution in [3.05, 3.63) is 132 Å². The lowest BCUT2D eigenvalue weighted by Crippen LogP contribution is -2.24. The first-order chi connectivity index (χ1) is 14.8. The zero-order valence-corrected chi connectivity index (χ0v) is 17.4. The fraction of sp³-hybridized carbons (Fsp3) is 0.0714. The van der Waals surface area contributed by atoms with Crippen molar-refractivity contribution in [2.24, 2.45) is 0 Å². The average molecular weight is 391 g/mol. The van der Waals surface area contributed by atoms with Gasteiger partial charge in [-0.3, -0.25) is 0 Å².